The van der Waals surface area contributed by atoms with Gasteiger partial charge < -0.3 is 0 Å². The van der Waals surface area contributed by atoms with Crippen LogP contribution in [0.4, 0.5) is 5.95 Å². The second-order valence-electron chi connectivity index (χ2n) is 4.67. The van der Waals surface area contributed by atoms with Crippen molar-refractivity contribution >= 4 is 13.5 Å². The lowest BCUT2D eigenvalue weighted by molar-refractivity contribution is 0.510. The molecule has 2 fully saturated rings. The van der Waals surface area contributed by atoms with Gasteiger partial charge in [-0.2, -0.15) is 0 Å². The summed E-state index contributed by atoms with van der Waals surface area (Å²) in [6.45, 7) is 5.91. The minimum atomic E-state index is -2.68. The van der Waals surface area contributed by atoms with Crippen molar-refractivity contribution < 1.29 is 4.57 Å². The van der Waals surface area contributed by atoms with E-state index in [9.17, 15) is 4.57 Å². The molecule has 0 amide bonds. The Morgan fingerprint density at radius 2 is 1.71 bits per heavy atom. The summed E-state index contributed by atoms with van der Waals surface area (Å²) in [4.78, 5) is 8.17. The van der Waals surface area contributed by atoms with Gasteiger partial charge in [-0.15, -0.1) is 0 Å². The van der Waals surface area contributed by atoms with Gasteiger partial charge in [0, 0.05) is 37.6 Å². The Hall–Kier alpha value is -0.970. The van der Waals surface area contributed by atoms with Gasteiger partial charge in [0.15, 0.2) is 0 Å². The zero-order chi connectivity index (χ0) is 12.0. The number of hydrogen-bond acceptors (Lipinski definition) is 3. The first-order valence-electron chi connectivity index (χ1n) is 5.81. The number of nitrogens with zero attached hydrogens (tertiary/aromatic N) is 4. The standard InChI is InChI=1S/C10H16N5OP/c1-8-6-14(8)17(16,15-7-9(15)2)13-10-11-4-3-5-12-10/h3-5,8-9H,6-7H2,1-2H3,(H,11,12,13,16). The molecule has 4 atom stereocenters. The summed E-state index contributed by atoms with van der Waals surface area (Å²) in [7, 11) is -2.68. The molecule has 0 spiro atoms. The first-order chi connectivity index (χ1) is 8.11. The molecule has 0 radical (unpaired) electrons. The largest absolute Gasteiger partial charge is 0.311 e. The van der Waals surface area contributed by atoms with E-state index in [-0.39, 0.29) is 0 Å². The van der Waals surface area contributed by atoms with Crippen molar-refractivity contribution in [3.8, 4) is 0 Å². The summed E-state index contributed by atoms with van der Waals surface area (Å²) in [6.07, 6.45) is 3.30. The van der Waals surface area contributed by atoms with Crippen molar-refractivity contribution in [1.29, 1.82) is 0 Å². The minimum Gasteiger partial charge on any atom is -0.281 e. The Balaban J connectivity index is 1.83. The maximum atomic E-state index is 13.0. The summed E-state index contributed by atoms with van der Waals surface area (Å²) >= 11 is 0. The Kier molecular flexibility index (Phi) is 2.47. The number of nitrogens with one attached hydrogen (secondary N) is 1. The average molecular weight is 253 g/mol. The predicted octanol–water partition coefficient (Wildman–Crippen LogP) is 1.40. The van der Waals surface area contributed by atoms with Gasteiger partial charge >= 0.3 is 7.59 Å². The molecule has 2 aliphatic heterocycles. The van der Waals surface area contributed by atoms with E-state index < -0.39 is 7.59 Å². The minimum absolute atomic E-state index is 0.379. The van der Waals surface area contributed by atoms with Crippen molar-refractivity contribution in [3.05, 3.63) is 18.5 Å². The molecular formula is C10H16N5OP. The van der Waals surface area contributed by atoms with Crippen LogP contribution in [0.2, 0.25) is 0 Å². The lowest BCUT2D eigenvalue weighted by Gasteiger charge is -2.22. The lowest BCUT2D eigenvalue weighted by atomic mass is 10.6. The maximum absolute atomic E-state index is 13.0. The number of anilines is 1. The molecule has 92 valence electrons. The molecule has 0 aliphatic carbocycles. The van der Waals surface area contributed by atoms with E-state index >= 15 is 0 Å². The van der Waals surface area contributed by atoms with Crippen LogP contribution >= 0.6 is 7.59 Å². The normalized spacial score (nSPS) is 38.2. The highest BCUT2D eigenvalue weighted by Crippen LogP contribution is 2.63. The fourth-order valence-electron chi connectivity index (χ4n) is 1.97. The summed E-state index contributed by atoms with van der Waals surface area (Å²) in [5.41, 5.74) is 0. The second kappa shape index (κ2) is 3.77. The van der Waals surface area contributed by atoms with Gasteiger partial charge in [-0.25, -0.2) is 19.3 Å². The van der Waals surface area contributed by atoms with Gasteiger partial charge in [0.1, 0.15) is 0 Å². The first-order valence-corrected chi connectivity index (χ1v) is 7.42. The zero-order valence-electron chi connectivity index (χ0n) is 9.95. The smallest absolute Gasteiger partial charge is 0.281 e. The highest BCUT2D eigenvalue weighted by molar-refractivity contribution is 7.61. The highest BCUT2D eigenvalue weighted by Gasteiger charge is 2.55. The lowest BCUT2D eigenvalue weighted by Crippen LogP contribution is -2.16. The van der Waals surface area contributed by atoms with E-state index in [1.807, 2.05) is 9.34 Å². The van der Waals surface area contributed by atoms with Crippen LogP contribution in [0.25, 0.3) is 0 Å². The van der Waals surface area contributed by atoms with Gasteiger partial charge in [0.2, 0.25) is 5.95 Å². The van der Waals surface area contributed by atoms with Crippen LogP contribution in [0.1, 0.15) is 13.8 Å². The Morgan fingerprint density at radius 3 is 2.12 bits per heavy atom. The SMILES string of the molecule is CC1CN1P(=O)(Nc1ncccn1)N1CC1C. The highest BCUT2D eigenvalue weighted by atomic mass is 31.2. The van der Waals surface area contributed by atoms with E-state index in [0.717, 1.165) is 13.1 Å². The fraction of sp³-hybridized carbons (Fsp3) is 0.600. The molecule has 2 aliphatic rings. The van der Waals surface area contributed by atoms with Crippen molar-refractivity contribution in [2.75, 3.05) is 18.2 Å². The Bertz CT molecular complexity index is 447. The molecule has 7 heteroatoms. The molecule has 17 heavy (non-hydrogen) atoms. The third kappa shape index (κ3) is 1.97. The third-order valence-electron chi connectivity index (χ3n) is 3.16. The summed E-state index contributed by atoms with van der Waals surface area (Å²) in [6, 6.07) is 2.51. The van der Waals surface area contributed by atoms with Crippen LogP contribution in [0, 0.1) is 0 Å². The first kappa shape index (κ1) is 11.1. The summed E-state index contributed by atoms with van der Waals surface area (Å²) in [5, 5.41) is 3.03. The fourth-order valence-corrected chi connectivity index (χ4v) is 4.88. The van der Waals surface area contributed by atoms with Crippen LogP contribution in [0.3, 0.4) is 0 Å². The number of hydrogen-bond donors (Lipinski definition) is 1. The van der Waals surface area contributed by atoms with Crippen LogP contribution in [-0.4, -0.2) is 44.5 Å². The molecule has 0 aromatic carbocycles. The van der Waals surface area contributed by atoms with E-state index in [4.69, 9.17) is 0 Å². The predicted molar refractivity (Wildman–Crippen MR) is 65.6 cm³/mol. The molecule has 0 saturated carbocycles. The second-order valence-corrected chi connectivity index (χ2v) is 7.01. The van der Waals surface area contributed by atoms with Crippen LogP contribution < -0.4 is 5.09 Å². The van der Waals surface area contributed by atoms with Gasteiger partial charge in [-0.3, -0.25) is 9.65 Å². The van der Waals surface area contributed by atoms with Gasteiger partial charge in [-0.05, 0) is 19.9 Å². The summed E-state index contributed by atoms with van der Waals surface area (Å²) in [5.74, 6) is 0.439. The molecule has 6 nitrogen and oxygen atoms in total. The molecular weight excluding hydrogens is 237 g/mol. The van der Waals surface area contributed by atoms with Crippen LogP contribution in [0.15, 0.2) is 18.5 Å². The maximum Gasteiger partial charge on any atom is 0.311 e. The van der Waals surface area contributed by atoms with Gasteiger partial charge in [-0.1, -0.05) is 0 Å². The van der Waals surface area contributed by atoms with Crippen LogP contribution in [0.5, 0.6) is 0 Å². The molecule has 3 rings (SSSR count). The molecule has 0 bridgehead atoms. The molecule has 1 N–H and O–H groups in total. The third-order valence-corrected chi connectivity index (χ3v) is 6.16. The van der Waals surface area contributed by atoms with E-state index in [0.29, 0.717) is 18.0 Å². The quantitative estimate of drug-likeness (QED) is 0.646. The van der Waals surface area contributed by atoms with Crippen molar-refractivity contribution in [2.24, 2.45) is 0 Å². The monoisotopic (exact) mass is 253 g/mol. The molecule has 1 aromatic heterocycles. The van der Waals surface area contributed by atoms with E-state index in [2.05, 4.69) is 28.9 Å². The van der Waals surface area contributed by atoms with Crippen LogP contribution in [-0.2, 0) is 4.57 Å². The van der Waals surface area contributed by atoms with Crippen molar-refractivity contribution in [3.63, 3.8) is 0 Å². The Labute approximate surface area is 101 Å². The average Bonchev–Trinajstić information content (AvgIpc) is 3.19. The zero-order valence-corrected chi connectivity index (χ0v) is 10.8. The number of aromatic nitrogens is 2. The van der Waals surface area contributed by atoms with Crippen molar-refractivity contribution in [2.45, 2.75) is 25.9 Å². The molecule has 2 saturated heterocycles. The topological polar surface area (TPSA) is 60.9 Å². The van der Waals surface area contributed by atoms with E-state index in [1.165, 1.54) is 0 Å². The Morgan fingerprint density at radius 1 is 1.24 bits per heavy atom. The molecule has 1 aromatic rings. The van der Waals surface area contributed by atoms with Gasteiger partial charge in [0.25, 0.3) is 0 Å². The summed E-state index contributed by atoms with van der Waals surface area (Å²) < 4.78 is 17.0. The number of rotatable bonds is 4. The van der Waals surface area contributed by atoms with Crippen molar-refractivity contribution in [1.82, 2.24) is 19.3 Å². The van der Waals surface area contributed by atoms with E-state index in [1.54, 1.807) is 18.5 Å². The molecule has 3 heterocycles. The van der Waals surface area contributed by atoms with Gasteiger partial charge in [0.05, 0.1) is 0 Å². The molecule has 4 unspecified atom stereocenters.